The highest BCUT2D eigenvalue weighted by atomic mass is 16.2. The second kappa shape index (κ2) is 5.65. The van der Waals surface area contributed by atoms with E-state index in [1.54, 1.807) is 24.3 Å². The molecule has 0 aliphatic rings. The van der Waals surface area contributed by atoms with Gasteiger partial charge in [0.1, 0.15) is 0 Å². The summed E-state index contributed by atoms with van der Waals surface area (Å²) in [6, 6.07) is 15.8. The summed E-state index contributed by atoms with van der Waals surface area (Å²) in [5.41, 5.74) is 6.68. The lowest BCUT2D eigenvalue weighted by Crippen LogP contribution is -2.24. The summed E-state index contributed by atoms with van der Waals surface area (Å²) in [5.74, 6) is -0.522. The molecule has 0 spiro atoms. The maximum atomic E-state index is 12.3. The fourth-order valence-corrected chi connectivity index (χ4v) is 2.06. The van der Waals surface area contributed by atoms with Crippen LogP contribution in [-0.4, -0.2) is 25.7 Å². The third-order valence-corrected chi connectivity index (χ3v) is 3.21. The van der Waals surface area contributed by atoms with Crippen molar-refractivity contribution in [2.24, 2.45) is 5.73 Å². The van der Waals surface area contributed by atoms with Crippen LogP contribution in [0.25, 0.3) is 5.69 Å². The Balaban J connectivity index is 1.90. The fourth-order valence-electron chi connectivity index (χ4n) is 2.06. The maximum absolute atomic E-state index is 12.3. The number of tetrazole rings is 1. The number of hydrogen-bond donors (Lipinski definition) is 1. The van der Waals surface area contributed by atoms with Gasteiger partial charge in [0.2, 0.25) is 5.91 Å². The Morgan fingerprint density at radius 3 is 2.32 bits per heavy atom. The summed E-state index contributed by atoms with van der Waals surface area (Å²) in [7, 11) is 0. The van der Waals surface area contributed by atoms with E-state index in [1.165, 1.54) is 9.36 Å². The zero-order valence-electron chi connectivity index (χ0n) is 11.6. The molecular weight excluding hydrogens is 282 g/mol. The standard InChI is InChI=1S/C15H13N5O2/c16-14(21)12-6-8-13(9-7-12)20-15(22)19(17-18-20)10-11-4-2-1-3-5-11/h1-9H,10H2,(H2,16,21). The van der Waals surface area contributed by atoms with Gasteiger partial charge in [0, 0.05) is 5.56 Å². The lowest BCUT2D eigenvalue weighted by molar-refractivity contribution is 0.100. The monoisotopic (exact) mass is 295 g/mol. The van der Waals surface area contributed by atoms with Crippen molar-refractivity contribution >= 4 is 5.91 Å². The molecule has 0 radical (unpaired) electrons. The largest absolute Gasteiger partial charge is 0.368 e. The number of nitrogens with two attached hydrogens (primary N) is 1. The summed E-state index contributed by atoms with van der Waals surface area (Å²) in [5, 5.41) is 7.73. The number of aromatic nitrogens is 4. The first-order chi connectivity index (χ1) is 10.6. The first-order valence-corrected chi connectivity index (χ1v) is 6.62. The van der Waals surface area contributed by atoms with Gasteiger partial charge in [-0.25, -0.2) is 4.79 Å². The highest BCUT2D eigenvalue weighted by Gasteiger charge is 2.09. The fraction of sp³-hybridized carbons (Fsp3) is 0.0667. The summed E-state index contributed by atoms with van der Waals surface area (Å²) in [4.78, 5) is 23.3. The second-order valence-electron chi connectivity index (χ2n) is 4.73. The molecule has 3 aromatic rings. The smallest absolute Gasteiger partial charge is 0.366 e. The van der Waals surface area contributed by atoms with Crippen molar-refractivity contribution in [2.75, 3.05) is 0 Å². The van der Waals surface area contributed by atoms with Crippen LogP contribution in [0.2, 0.25) is 0 Å². The van der Waals surface area contributed by atoms with E-state index in [9.17, 15) is 9.59 Å². The number of primary amides is 1. The van der Waals surface area contributed by atoms with E-state index in [1.807, 2.05) is 30.3 Å². The summed E-state index contributed by atoms with van der Waals surface area (Å²) in [6.45, 7) is 0.346. The minimum Gasteiger partial charge on any atom is -0.366 e. The summed E-state index contributed by atoms with van der Waals surface area (Å²) < 4.78 is 2.45. The molecule has 7 nitrogen and oxygen atoms in total. The van der Waals surface area contributed by atoms with Gasteiger partial charge in [-0.05, 0) is 40.3 Å². The van der Waals surface area contributed by atoms with Crippen LogP contribution < -0.4 is 11.4 Å². The Morgan fingerprint density at radius 2 is 1.68 bits per heavy atom. The third-order valence-electron chi connectivity index (χ3n) is 3.21. The molecule has 3 rings (SSSR count). The predicted molar refractivity (Wildman–Crippen MR) is 79.7 cm³/mol. The quantitative estimate of drug-likeness (QED) is 0.761. The average molecular weight is 295 g/mol. The van der Waals surface area contributed by atoms with E-state index in [-0.39, 0.29) is 5.69 Å². The van der Waals surface area contributed by atoms with Gasteiger partial charge in [-0.2, -0.15) is 9.36 Å². The van der Waals surface area contributed by atoms with Gasteiger partial charge >= 0.3 is 5.69 Å². The number of nitrogens with zero attached hydrogens (tertiary/aromatic N) is 4. The zero-order valence-corrected chi connectivity index (χ0v) is 11.6. The Labute approximate surface area is 125 Å². The second-order valence-corrected chi connectivity index (χ2v) is 4.73. The molecule has 0 unspecified atom stereocenters. The van der Waals surface area contributed by atoms with Gasteiger partial charge in [-0.3, -0.25) is 4.79 Å². The molecule has 7 heteroatoms. The maximum Gasteiger partial charge on any atom is 0.368 e. The minimum absolute atomic E-state index is 0.346. The van der Waals surface area contributed by atoms with Gasteiger partial charge < -0.3 is 5.73 Å². The lowest BCUT2D eigenvalue weighted by Gasteiger charge is -2.00. The zero-order chi connectivity index (χ0) is 15.5. The average Bonchev–Trinajstić information content (AvgIpc) is 2.89. The van der Waals surface area contributed by atoms with Crippen LogP contribution >= 0.6 is 0 Å². The van der Waals surface area contributed by atoms with E-state index >= 15 is 0 Å². The lowest BCUT2D eigenvalue weighted by atomic mass is 10.2. The highest BCUT2D eigenvalue weighted by Crippen LogP contribution is 2.06. The van der Waals surface area contributed by atoms with Crippen LogP contribution in [0.4, 0.5) is 0 Å². The molecule has 0 atom stereocenters. The molecule has 1 aromatic heterocycles. The minimum atomic E-state index is -0.522. The molecule has 0 aliphatic heterocycles. The summed E-state index contributed by atoms with van der Waals surface area (Å²) in [6.07, 6.45) is 0. The number of carbonyl (C=O) groups excluding carboxylic acids is 1. The highest BCUT2D eigenvalue weighted by molar-refractivity contribution is 5.92. The van der Waals surface area contributed by atoms with Gasteiger partial charge in [0.05, 0.1) is 12.2 Å². The van der Waals surface area contributed by atoms with Crippen LogP contribution in [0.3, 0.4) is 0 Å². The van der Waals surface area contributed by atoms with Crippen LogP contribution in [-0.2, 0) is 6.54 Å². The molecule has 110 valence electrons. The van der Waals surface area contributed by atoms with Crippen molar-refractivity contribution in [2.45, 2.75) is 6.54 Å². The molecule has 22 heavy (non-hydrogen) atoms. The van der Waals surface area contributed by atoms with Gasteiger partial charge in [-0.1, -0.05) is 30.3 Å². The SMILES string of the molecule is NC(=O)c1ccc(-n2nnn(Cc3ccccc3)c2=O)cc1. The van der Waals surface area contributed by atoms with E-state index < -0.39 is 5.91 Å². The number of carbonyl (C=O) groups is 1. The van der Waals surface area contributed by atoms with Crippen molar-refractivity contribution in [1.29, 1.82) is 0 Å². The molecule has 0 bridgehead atoms. The van der Waals surface area contributed by atoms with Crippen molar-refractivity contribution in [3.8, 4) is 5.69 Å². The van der Waals surface area contributed by atoms with E-state index in [2.05, 4.69) is 10.4 Å². The van der Waals surface area contributed by atoms with Crippen LogP contribution in [0.1, 0.15) is 15.9 Å². The molecule has 0 saturated heterocycles. The topological polar surface area (TPSA) is 95.8 Å². The van der Waals surface area contributed by atoms with Crippen molar-refractivity contribution < 1.29 is 4.79 Å². The molecule has 0 fully saturated rings. The Bertz CT molecular complexity index is 850. The first-order valence-electron chi connectivity index (χ1n) is 6.62. The van der Waals surface area contributed by atoms with Crippen molar-refractivity contribution in [3.63, 3.8) is 0 Å². The van der Waals surface area contributed by atoms with Crippen LogP contribution in [0.15, 0.2) is 59.4 Å². The predicted octanol–water partition coefficient (Wildman–Crippen LogP) is 0.576. The van der Waals surface area contributed by atoms with E-state index in [4.69, 9.17) is 5.73 Å². The molecule has 1 heterocycles. The van der Waals surface area contributed by atoms with Crippen LogP contribution in [0, 0.1) is 0 Å². The molecule has 2 N–H and O–H groups in total. The van der Waals surface area contributed by atoms with Crippen molar-refractivity contribution in [1.82, 2.24) is 19.8 Å². The molecule has 0 aliphatic carbocycles. The third kappa shape index (κ3) is 2.64. The van der Waals surface area contributed by atoms with Gasteiger partial charge in [-0.15, -0.1) is 0 Å². The normalized spacial score (nSPS) is 10.5. The Kier molecular flexibility index (Phi) is 3.53. The van der Waals surface area contributed by atoms with E-state index in [0.717, 1.165) is 5.56 Å². The number of benzene rings is 2. The first kappa shape index (κ1) is 13.7. The van der Waals surface area contributed by atoms with Crippen LogP contribution in [0.5, 0.6) is 0 Å². The molecular formula is C15H13N5O2. The molecule has 2 aromatic carbocycles. The Morgan fingerprint density at radius 1 is 1.00 bits per heavy atom. The molecule has 0 saturated carbocycles. The summed E-state index contributed by atoms with van der Waals surface area (Å²) >= 11 is 0. The number of amides is 1. The van der Waals surface area contributed by atoms with Crippen molar-refractivity contribution in [3.05, 3.63) is 76.2 Å². The Hall–Kier alpha value is -3.22. The van der Waals surface area contributed by atoms with E-state index in [0.29, 0.717) is 17.8 Å². The van der Waals surface area contributed by atoms with Gasteiger partial charge in [0.15, 0.2) is 0 Å². The van der Waals surface area contributed by atoms with Gasteiger partial charge in [0.25, 0.3) is 0 Å². The number of hydrogen-bond acceptors (Lipinski definition) is 4. The molecule has 1 amide bonds. The number of rotatable bonds is 4.